The Morgan fingerprint density at radius 2 is 1.71 bits per heavy atom. The average molecular weight is 321 g/mol. The summed E-state index contributed by atoms with van der Waals surface area (Å²) in [5.41, 5.74) is 2.93. The molecule has 4 rings (SSSR count). The first-order valence-corrected chi connectivity index (χ1v) is 9.22. The van der Waals surface area contributed by atoms with Gasteiger partial charge in [-0.3, -0.25) is 0 Å². The predicted octanol–water partition coefficient (Wildman–Crippen LogP) is 4.36. The number of hydrogen-bond acceptors (Lipinski definition) is 2. The maximum Gasteiger partial charge on any atom is 0.119 e. The third-order valence-corrected chi connectivity index (χ3v) is 5.95. The van der Waals surface area contributed by atoms with E-state index in [1.165, 1.54) is 38.0 Å². The van der Waals surface area contributed by atoms with Crippen molar-refractivity contribution in [2.24, 2.45) is 11.8 Å². The molecule has 1 saturated heterocycles. The van der Waals surface area contributed by atoms with Gasteiger partial charge in [0.25, 0.3) is 0 Å². The molecule has 2 aromatic carbocycles. The molecule has 2 aliphatic rings. The molecule has 0 N–H and O–H groups in total. The maximum absolute atomic E-state index is 5.33. The molecule has 0 unspecified atom stereocenters. The van der Waals surface area contributed by atoms with Gasteiger partial charge in [-0.15, -0.1) is 0 Å². The number of fused-ring (bicyclic) bond motifs is 1. The number of benzene rings is 2. The van der Waals surface area contributed by atoms with E-state index in [0.717, 1.165) is 29.9 Å². The first kappa shape index (κ1) is 15.7. The third kappa shape index (κ3) is 3.34. The topological polar surface area (TPSA) is 12.5 Å². The zero-order valence-electron chi connectivity index (χ0n) is 14.5. The lowest BCUT2D eigenvalue weighted by molar-refractivity contribution is 0.310. The number of ether oxygens (including phenoxy) is 1. The summed E-state index contributed by atoms with van der Waals surface area (Å²) in [6.07, 6.45) is 3.88. The van der Waals surface area contributed by atoms with Crippen LogP contribution in [0.25, 0.3) is 0 Å². The van der Waals surface area contributed by atoms with E-state index in [9.17, 15) is 0 Å². The highest BCUT2D eigenvalue weighted by Gasteiger charge is 2.40. The van der Waals surface area contributed by atoms with Crippen LogP contribution in [0.2, 0.25) is 0 Å². The Balaban J connectivity index is 1.29. The van der Waals surface area contributed by atoms with Crippen molar-refractivity contribution in [3.8, 4) is 5.75 Å². The summed E-state index contributed by atoms with van der Waals surface area (Å²) in [6, 6.07) is 19.6. The van der Waals surface area contributed by atoms with Gasteiger partial charge in [-0.1, -0.05) is 42.5 Å². The van der Waals surface area contributed by atoms with Gasteiger partial charge in [0, 0.05) is 19.6 Å². The summed E-state index contributed by atoms with van der Waals surface area (Å²) in [5.74, 6) is 3.57. The van der Waals surface area contributed by atoms with Crippen molar-refractivity contribution in [2.45, 2.75) is 25.2 Å². The zero-order chi connectivity index (χ0) is 16.4. The van der Waals surface area contributed by atoms with Gasteiger partial charge in [0.2, 0.25) is 0 Å². The minimum atomic E-state index is 0.793. The van der Waals surface area contributed by atoms with Gasteiger partial charge < -0.3 is 9.64 Å². The number of hydrogen-bond donors (Lipinski definition) is 0. The molecule has 0 spiro atoms. The molecule has 0 aromatic heterocycles. The molecule has 1 aliphatic carbocycles. The van der Waals surface area contributed by atoms with E-state index >= 15 is 0 Å². The summed E-state index contributed by atoms with van der Waals surface area (Å²) in [7, 11) is 1.74. The quantitative estimate of drug-likeness (QED) is 0.811. The highest BCUT2D eigenvalue weighted by atomic mass is 16.5. The second-order valence-electron chi connectivity index (χ2n) is 7.46. The molecule has 0 amide bonds. The van der Waals surface area contributed by atoms with Crippen LogP contribution < -0.4 is 4.74 Å². The van der Waals surface area contributed by atoms with E-state index in [4.69, 9.17) is 4.74 Å². The molecule has 126 valence electrons. The average Bonchev–Trinajstić information content (AvgIpc) is 3.19. The molecule has 2 nitrogen and oxygen atoms in total. The van der Waals surface area contributed by atoms with Crippen molar-refractivity contribution in [3.05, 3.63) is 65.7 Å². The Hall–Kier alpha value is -1.80. The molecule has 3 atom stereocenters. The van der Waals surface area contributed by atoms with Crippen LogP contribution in [0.3, 0.4) is 0 Å². The Bertz CT molecular complexity index is 655. The Morgan fingerprint density at radius 1 is 0.958 bits per heavy atom. The lowest BCUT2D eigenvalue weighted by atomic mass is 9.96. The van der Waals surface area contributed by atoms with Crippen LogP contribution in [0, 0.1) is 11.8 Å². The maximum atomic E-state index is 5.33. The summed E-state index contributed by atoms with van der Waals surface area (Å²) in [4.78, 5) is 2.68. The van der Waals surface area contributed by atoms with Gasteiger partial charge in [0.05, 0.1) is 7.11 Å². The molecule has 1 heterocycles. The first-order chi connectivity index (χ1) is 11.8. The van der Waals surface area contributed by atoms with Gasteiger partial charge in [-0.25, -0.2) is 0 Å². The number of methoxy groups -OCH3 is 1. The number of rotatable bonds is 5. The standard InChI is InChI=1S/C22H27NO/c1-24-22-9-5-6-17(12-22)10-11-23-15-20-13-19(14-21(20)16-23)18-7-3-2-4-8-18/h2-9,12,19-21H,10-11,13-16H2,1H3/t19-,20-,21+. The normalized spacial score (nSPS) is 26.5. The molecule has 1 aliphatic heterocycles. The van der Waals surface area contributed by atoms with E-state index < -0.39 is 0 Å². The third-order valence-electron chi connectivity index (χ3n) is 5.95. The van der Waals surface area contributed by atoms with Gasteiger partial charge in [-0.2, -0.15) is 0 Å². The van der Waals surface area contributed by atoms with Gasteiger partial charge >= 0.3 is 0 Å². The second-order valence-corrected chi connectivity index (χ2v) is 7.46. The second kappa shape index (κ2) is 6.98. The van der Waals surface area contributed by atoms with Crippen LogP contribution in [-0.4, -0.2) is 31.6 Å². The summed E-state index contributed by atoms with van der Waals surface area (Å²) in [5, 5.41) is 0. The van der Waals surface area contributed by atoms with Crippen LogP contribution in [0.5, 0.6) is 5.75 Å². The summed E-state index contributed by atoms with van der Waals surface area (Å²) in [6.45, 7) is 3.76. The highest BCUT2D eigenvalue weighted by molar-refractivity contribution is 5.28. The molecule has 0 bridgehead atoms. The van der Waals surface area contributed by atoms with Gasteiger partial charge in [0.1, 0.15) is 5.75 Å². The predicted molar refractivity (Wildman–Crippen MR) is 98.5 cm³/mol. The SMILES string of the molecule is COc1cccc(CCN2C[C@H]3C[C@@H](c4ccccc4)C[C@H]3C2)c1. The minimum Gasteiger partial charge on any atom is -0.497 e. The van der Waals surface area contributed by atoms with Crippen molar-refractivity contribution in [2.75, 3.05) is 26.7 Å². The molecule has 0 radical (unpaired) electrons. The van der Waals surface area contributed by atoms with E-state index in [1.807, 2.05) is 6.07 Å². The van der Waals surface area contributed by atoms with Gasteiger partial charge in [-0.05, 0) is 60.3 Å². The first-order valence-electron chi connectivity index (χ1n) is 9.22. The fourth-order valence-electron chi connectivity index (χ4n) is 4.69. The zero-order valence-corrected chi connectivity index (χ0v) is 14.5. The Kier molecular flexibility index (Phi) is 4.57. The monoisotopic (exact) mass is 321 g/mol. The fourth-order valence-corrected chi connectivity index (χ4v) is 4.69. The van der Waals surface area contributed by atoms with E-state index in [2.05, 4.69) is 53.4 Å². The molecule has 2 fully saturated rings. The van der Waals surface area contributed by atoms with E-state index in [-0.39, 0.29) is 0 Å². The van der Waals surface area contributed by atoms with E-state index in [1.54, 1.807) is 12.7 Å². The molecular weight excluding hydrogens is 294 g/mol. The smallest absolute Gasteiger partial charge is 0.119 e. The van der Waals surface area contributed by atoms with Crippen molar-refractivity contribution < 1.29 is 4.74 Å². The van der Waals surface area contributed by atoms with E-state index in [0.29, 0.717) is 0 Å². The molecule has 2 aromatic rings. The number of likely N-dealkylation sites (tertiary alicyclic amines) is 1. The minimum absolute atomic E-state index is 0.793. The van der Waals surface area contributed by atoms with Gasteiger partial charge in [0.15, 0.2) is 0 Å². The lowest BCUT2D eigenvalue weighted by Crippen LogP contribution is -2.24. The van der Waals surface area contributed by atoms with Crippen LogP contribution in [0.1, 0.15) is 29.9 Å². The van der Waals surface area contributed by atoms with Crippen LogP contribution in [-0.2, 0) is 6.42 Å². The van der Waals surface area contributed by atoms with Crippen molar-refractivity contribution in [1.29, 1.82) is 0 Å². The van der Waals surface area contributed by atoms with Crippen LogP contribution >= 0.6 is 0 Å². The largest absolute Gasteiger partial charge is 0.497 e. The summed E-state index contributed by atoms with van der Waals surface area (Å²) < 4.78 is 5.33. The van der Waals surface area contributed by atoms with Crippen LogP contribution in [0.15, 0.2) is 54.6 Å². The molecule has 24 heavy (non-hydrogen) atoms. The van der Waals surface area contributed by atoms with Crippen LogP contribution in [0.4, 0.5) is 0 Å². The Labute approximate surface area is 145 Å². The molecule has 2 heteroatoms. The highest BCUT2D eigenvalue weighted by Crippen LogP contribution is 2.46. The fraction of sp³-hybridized carbons (Fsp3) is 0.455. The van der Waals surface area contributed by atoms with Crippen molar-refractivity contribution in [3.63, 3.8) is 0 Å². The van der Waals surface area contributed by atoms with Crippen molar-refractivity contribution >= 4 is 0 Å². The van der Waals surface area contributed by atoms with Crippen molar-refractivity contribution in [1.82, 2.24) is 4.90 Å². The summed E-state index contributed by atoms with van der Waals surface area (Å²) >= 11 is 0. The Morgan fingerprint density at radius 3 is 2.42 bits per heavy atom. The molecule has 1 saturated carbocycles. The molecular formula is C22H27NO. The lowest BCUT2D eigenvalue weighted by Gasteiger charge is -2.19. The number of nitrogens with zero attached hydrogens (tertiary/aromatic N) is 1.